The number of aryl methyl sites for hydroxylation is 1. The van der Waals surface area contributed by atoms with E-state index < -0.39 is 28.9 Å². The highest BCUT2D eigenvalue weighted by molar-refractivity contribution is 5.95. The number of carbonyl (C=O) groups is 3. The zero-order chi connectivity index (χ0) is 17.3. The highest BCUT2D eigenvalue weighted by Crippen LogP contribution is 2.36. The highest BCUT2D eigenvalue weighted by Gasteiger charge is 2.23. The monoisotopic (exact) mass is 320 g/mol. The van der Waals surface area contributed by atoms with E-state index in [2.05, 4.69) is 0 Å². The van der Waals surface area contributed by atoms with Gasteiger partial charge in [-0.1, -0.05) is 0 Å². The minimum atomic E-state index is -1.43. The van der Waals surface area contributed by atoms with Crippen LogP contribution >= 0.6 is 0 Å². The number of hydrogen-bond donors (Lipinski definition) is 1. The number of hydrogen-bond acceptors (Lipinski definition) is 7. The van der Waals surface area contributed by atoms with Crippen molar-refractivity contribution in [1.29, 1.82) is 0 Å². The topological polar surface area (TPSA) is 120 Å². The van der Waals surface area contributed by atoms with E-state index in [0.29, 0.717) is 0 Å². The van der Waals surface area contributed by atoms with Crippen molar-refractivity contribution in [2.24, 2.45) is 0 Å². The minimum Gasteiger partial charge on any atom is -0.477 e. The van der Waals surface area contributed by atoms with Crippen LogP contribution < -0.4 is 14.9 Å². The van der Waals surface area contributed by atoms with E-state index in [0.717, 1.165) is 13.8 Å². The average Bonchev–Trinajstić information content (AvgIpc) is 2.40. The van der Waals surface area contributed by atoms with Gasteiger partial charge in [-0.15, -0.1) is 0 Å². The molecule has 23 heavy (non-hydrogen) atoms. The maximum absolute atomic E-state index is 12.3. The van der Waals surface area contributed by atoms with Crippen molar-refractivity contribution < 1.29 is 33.4 Å². The molecule has 120 valence electrons. The highest BCUT2D eigenvalue weighted by atomic mass is 16.6. The first kappa shape index (κ1) is 16.2. The summed E-state index contributed by atoms with van der Waals surface area (Å²) < 4.78 is 15.2. The van der Waals surface area contributed by atoms with E-state index >= 15 is 0 Å². The van der Waals surface area contributed by atoms with Crippen molar-refractivity contribution in [2.45, 2.75) is 20.8 Å². The van der Waals surface area contributed by atoms with Gasteiger partial charge in [-0.3, -0.25) is 14.4 Å². The number of ether oxygens (including phenoxy) is 2. The van der Waals surface area contributed by atoms with Crippen LogP contribution in [0.25, 0.3) is 11.0 Å². The van der Waals surface area contributed by atoms with Gasteiger partial charge in [0.15, 0.2) is 11.3 Å². The first-order chi connectivity index (χ1) is 10.7. The van der Waals surface area contributed by atoms with Gasteiger partial charge in [0.2, 0.25) is 11.2 Å². The van der Waals surface area contributed by atoms with Gasteiger partial charge >= 0.3 is 17.9 Å². The standard InChI is InChI=1S/C15H12O8/c1-6-11(15(19)20)12(18)9-4-5-10(22-7(2)16)14(13(9)21-6)23-8(3)17/h4-5H,1-3H3,(H,19,20). The van der Waals surface area contributed by atoms with Crippen LogP contribution in [0, 0.1) is 6.92 Å². The third-order valence-corrected chi connectivity index (χ3v) is 2.87. The van der Waals surface area contributed by atoms with Crippen molar-refractivity contribution in [1.82, 2.24) is 0 Å². The van der Waals surface area contributed by atoms with E-state index in [1.807, 2.05) is 0 Å². The van der Waals surface area contributed by atoms with Crippen molar-refractivity contribution in [3.63, 3.8) is 0 Å². The molecule has 2 rings (SSSR count). The van der Waals surface area contributed by atoms with Gasteiger partial charge in [0.05, 0.1) is 5.39 Å². The second-order valence-electron chi connectivity index (χ2n) is 4.62. The molecule has 0 atom stereocenters. The summed E-state index contributed by atoms with van der Waals surface area (Å²) in [6, 6.07) is 2.46. The van der Waals surface area contributed by atoms with Gasteiger partial charge in [-0.05, 0) is 19.1 Å². The Kier molecular flexibility index (Phi) is 4.17. The van der Waals surface area contributed by atoms with Crippen molar-refractivity contribution in [3.8, 4) is 11.5 Å². The molecule has 0 bridgehead atoms. The van der Waals surface area contributed by atoms with Crippen LogP contribution in [0.2, 0.25) is 0 Å². The molecule has 0 aliphatic rings. The lowest BCUT2D eigenvalue weighted by Gasteiger charge is -2.11. The molecule has 0 saturated heterocycles. The van der Waals surface area contributed by atoms with Crippen molar-refractivity contribution in [2.75, 3.05) is 0 Å². The maximum atomic E-state index is 12.3. The molecule has 8 nitrogen and oxygen atoms in total. The molecular weight excluding hydrogens is 308 g/mol. The minimum absolute atomic E-state index is 0.111. The zero-order valence-corrected chi connectivity index (χ0v) is 12.5. The maximum Gasteiger partial charge on any atom is 0.343 e. The molecular formula is C15H12O8. The summed E-state index contributed by atoms with van der Waals surface area (Å²) in [5, 5.41) is 8.97. The largest absolute Gasteiger partial charge is 0.477 e. The summed E-state index contributed by atoms with van der Waals surface area (Å²) in [4.78, 5) is 45.8. The van der Waals surface area contributed by atoms with E-state index in [1.165, 1.54) is 19.1 Å². The second-order valence-corrected chi connectivity index (χ2v) is 4.62. The van der Waals surface area contributed by atoms with E-state index in [9.17, 15) is 19.2 Å². The predicted molar refractivity (Wildman–Crippen MR) is 76.8 cm³/mol. The Morgan fingerprint density at radius 3 is 2.22 bits per heavy atom. The smallest absolute Gasteiger partial charge is 0.343 e. The molecule has 8 heteroatoms. The molecule has 1 aromatic heterocycles. The molecule has 0 aliphatic carbocycles. The van der Waals surface area contributed by atoms with Gasteiger partial charge in [0.1, 0.15) is 11.3 Å². The Labute approximate surface area is 129 Å². The summed E-state index contributed by atoms with van der Waals surface area (Å²) in [5.41, 5.74) is -1.49. The lowest BCUT2D eigenvalue weighted by molar-refractivity contribution is -0.134. The zero-order valence-electron chi connectivity index (χ0n) is 12.5. The number of rotatable bonds is 3. The third-order valence-electron chi connectivity index (χ3n) is 2.87. The van der Waals surface area contributed by atoms with E-state index in [4.69, 9.17) is 19.0 Å². The van der Waals surface area contributed by atoms with Gasteiger partial charge in [-0.25, -0.2) is 4.79 Å². The van der Waals surface area contributed by atoms with Crippen LogP contribution in [-0.4, -0.2) is 23.0 Å². The number of carboxylic acids is 1. The normalized spacial score (nSPS) is 10.4. The number of esters is 2. The summed E-state index contributed by atoms with van der Waals surface area (Å²) in [7, 11) is 0. The first-order valence-corrected chi connectivity index (χ1v) is 6.43. The number of aromatic carboxylic acids is 1. The predicted octanol–water partition coefficient (Wildman–Crippen LogP) is 1.65. The van der Waals surface area contributed by atoms with Gasteiger partial charge in [0, 0.05) is 13.8 Å². The van der Waals surface area contributed by atoms with Crippen LogP contribution in [-0.2, 0) is 9.59 Å². The molecule has 0 fully saturated rings. The molecule has 1 aromatic carbocycles. The summed E-state index contributed by atoms with van der Waals surface area (Å²) in [6.45, 7) is 3.56. The average molecular weight is 320 g/mol. The molecule has 0 unspecified atom stereocenters. The fourth-order valence-electron chi connectivity index (χ4n) is 2.05. The second kappa shape index (κ2) is 5.91. The molecule has 0 amide bonds. The quantitative estimate of drug-likeness (QED) is 0.669. The number of carboxylic acid groups (broad SMARTS) is 1. The van der Waals surface area contributed by atoms with Crippen LogP contribution in [0.4, 0.5) is 0 Å². The number of fused-ring (bicyclic) bond motifs is 1. The van der Waals surface area contributed by atoms with Crippen LogP contribution in [0.1, 0.15) is 30.0 Å². The Hall–Kier alpha value is -3.16. The molecule has 0 spiro atoms. The van der Waals surface area contributed by atoms with E-state index in [-0.39, 0.29) is 28.2 Å². The van der Waals surface area contributed by atoms with Crippen LogP contribution in [0.15, 0.2) is 21.3 Å². The molecule has 2 aromatic rings. The first-order valence-electron chi connectivity index (χ1n) is 6.43. The summed E-state index contributed by atoms with van der Waals surface area (Å²) in [6.07, 6.45) is 0. The fraction of sp³-hybridized carbons (Fsp3) is 0.200. The molecule has 0 radical (unpaired) electrons. The summed E-state index contributed by atoms with van der Waals surface area (Å²) in [5.74, 6) is -3.37. The Morgan fingerprint density at radius 2 is 1.70 bits per heavy atom. The SMILES string of the molecule is CC(=O)Oc1ccc2c(=O)c(C(=O)O)c(C)oc2c1OC(C)=O. The van der Waals surface area contributed by atoms with Crippen LogP contribution in [0.3, 0.4) is 0 Å². The van der Waals surface area contributed by atoms with Crippen molar-refractivity contribution >= 4 is 28.9 Å². The molecule has 1 N–H and O–H groups in total. The molecule has 0 aliphatic heterocycles. The van der Waals surface area contributed by atoms with Gasteiger partial charge < -0.3 is 19.0 Å². The third kappa shape index (κ3) is 3.05. The lowest BCUT2D eigenvalue weighted by Crippen LogP contribution is -2.17. The lowest BCUT2D eigenvalue weighted by atomic mass is 10.1. The van der Waals surface area contributed by atoms with Gasteiger partial charge in [-0.2, -0.15) is 0 Å². The Balaban J connectivity index is 2.87. The van der Waals surface area contributed by atoms with Crippen LogP contribution in [0.5, 0.6) is 11.5 Å². The van der Waals surface area contributed by atoms with Crippen molar-refractivity contribution in [3.05, 3.63) is 33.7 Å². The molecule has 1 heterocycles. The Bertz CT molecular complexity index is 890. The number of benzene rings is 1. The fourth-order valence-corrected chi connectivity index (χ4v) is 2.05. The number of carbonyl (C=O) groups excluding carboxylic acids is 2. The Morgan fingerprint density at radius 1 is 1.09 bits per heavy atom. The van der Waals surface area contributed by atoms with Gasteiger partial charge in [0.25, 0.3) is 0 Å². The molecule has 0 saturated carbocycles. The summed E-state index contributed by atoms with van der Waals surface area (Å²) >= 11 is 0. The van der Waals surface area contributed by atoms with E-state index in [1.54, 1.807) is 0 Å².